The summed E-state index contributed by atoms with van der Waals surface area (Å²) in [5.74, 6) is 1.21. The van der Waals surface area contributed by atoms with Gasteiger partial charge in [0.1, 0.15) is 0 Å². The zero-order chi connectivity index (χ0) is 17.6. The Hall–Kier alpha value is -1.99. The van der Waals surface area contributed by atoms with E-state index in [2.05, 4.69) is 26.3 Å². The Bertz CT molecular complexity index is 719. The van der Waals surface area contributed by atoms with E-state index in [1.54, 1.807) is 18.4 Å². The van der Waals surface area contributed by atoms with E-state index in [0.717, 1.165) is 31.7 Å². The Labute approximate surface area is 152 Å². The molecule has 0 spiro atoms. The van der Waals surface area contributed by atoms with E-state index in [9.17, 15) is 4.79 Å². The van der Waals surface area contributed by atoms with Crippen molar-refractivity contribution in [2.45, 2.75) is 32.7 Å². The number of ether oxygens (including phenoxy) is 1. The molecular weight excluding hydrogens is 336 g/mol. The van der Waals surface area contributed by atoms with Gasteiger partial charge < -0.3 is 10.1 Å². The molecule has 7 heteroatoms. The van der Waals surface area contributed by atoms with E-state index in [0.29, 0.717) is 16.9 Å². The average molecular weight is 360 g/mol. The van der Waals surface area contributed by atoms with Crippen LogP contribution in [-0.2, 0) is 17.8 Å². The topological polar surface area (TPSA) is 67.3 Å². The number of hydrogen-bond donors (Lipinski definition) is 1. The highest BCUT2D eigenvalue weighted by Crippen LogP contribution is 2.25. The standard InChI is InChI=1S/C18H24N4O2S/c1-13(23)20-18-19-10-16(25-18)12-22-8-4-5-14(11-22)9-15-6-3-7-17(21-15)24-2/h3,6-7,10,14H,4-5,8-9,11-12H2,1-2H3,(H,19,20,23)/t14-/m0/s1. The van der Waals surface area contributed by atoms with Gasteiger partial charge in [-0.25, -0.2) is 9.97 Å². The number of thiazole rings is 1. The third-order valence-electron chi connectivity index (χ3n) is 4.31. The van der Waals surface area contributed by atoms with Crippen LogP contribution in [0.25, 0.3) is 0 Å². The lowest BCUT2D eigenvalue weighted by molar-refractivity contribution is -0.114. The number of methoxy groups -OCH3 is 1. The molecule has 3 heterocycles. The van der Waals surface area contributed by atoms with Crippen LogP contribution in [0.2, 0.25) is 0 Å². The highest BCUT2D eigenvalue weighted by Gasteiger charge is 2.21. The van der Waals surface area contributed by atoms with Crippen molar-refractivity contribution in [2.24, 2.45) is 5.92 Å². The molecular formula is C18H24N4O2S. The van der Waals surface area contributed by atoms with Gasteiger partial charge >= 0.3 is 0 Å². The second-order valence-corrected chi connectivity index (χ2v) is 7.55. The molecule has 2 aromatic heterocycles. The maximum absolute atomic E-state index is 11.1. The first-order valence-electron chi connectivity index (χ1n) is 8.57. The lowest BCUT2D eigenvalue weighted by Crippen LogP contribution is -2.35. The maximum Gasteiger partial charge on any atom is 0.223 e. The van der Waals surface area contributed by atoms with Crippen LogP contribution in [-0.4, -0.2) is 41.0 Å². The predicted molar refractivity (Wildman–Crippen MR) is 98.9 cm³/mol. The number of piperidine rings is 1. The van der Waals surface area contributed by atoms with E-state index in [1.807, 2.05) is 18.3 Å². The van der Waals surface area contributed by atoms with Gasteiger partial charge in [0.15, 0.2) is 5.13 Å². The number of aromatic nitrogens is 2. The zero-order valence-corrected chi connectivity index (χ0v) is 15.5. The molecule has 1 saturated heterocycles. The summed E-state index contributed by atoms with van der Waals surface area (Å²) in [5, 5.41) is 3.42. The molecule has 0 aliphatic carbocycles. The molecule has 3 rings (SSSR count). The highest BCUT2D eigenvalue weighted by molar-refractivity contribution is 7.15. The van der Waals surface area contributed by atoms with E-state index in [1.165, 1.54) is 24.6 Å². The fourth-order valence-corrected chi connectivity index (χ4v) is 4.15. The van der Waals surface area contributed by atoms with Crippen molar-refractivity contribution in [1.82, 2.24) is 14.9 Å². The van der Waals surface area contributed by atoms with Crippen LogP contribution >= 0.6 is 11.3 Å². The number of anilines is 1. The summed E-state index contributed by atoms with van der Waals surface area (Å²) >= 11 is 1.55. The van der Waals surface area contributed by atoms with E-state index < -0.39 is 0 Å². The predicted octanol–water partition coefficient (Wildman–Crippen LogP) is 2.96. The first kappa shape index (κ1) is 17.8. The lowest BCUT2D eigenvalue weighted by atomic mass is 9.93. The number of carbonyl (C=O) groups excluding carboxylic acids is 1. The van der Waals surface area contributed by atoms with Gasteiger partial charge in [0.05, 0.1) is 7.11 Å². The number of carbonyl (C=O) groups is 1. The first-order chi connectivity index (χ1) is 12.1. The van der Waals surface area contributed by atoms with Crippen LogP contribution in [0.3, 0.4) is 0 Å². The molecule has 0 bridgehead atoms. The van der Waals surface area contributed by atoms with Gasteiger partial charge in [0.2, 0.25) is 11.8 Å². The fraction of sp³-hybridized carbons (Fsp3) is 0.500. The number of pyridine rings is 1. The molecule has 1 amide bonds. The SMILES string of the molecule is COc1cccc(C[C@@H]2CCCN(Cc3cnc(NC(C)=O)s3)C2)n1. The Morgan fingerprint density at radius 1 is 1.48 bits per heavy atom. The van der Waals surface area contributed by atoms with Gasteiger partial charge in [0.25, 0.3) is 0 Å². The van der Waals surface area contributed by atoms with Crippen molar-refractivity contribution in [2.75, 3.05) is 25.5 Å². The molecule has 1 aliphatic heterocycles. The molecule has 134 valence electrons. The average Bonchev–Trinajstić information content (AvgIpc) is 3.01. The van der Waals surface area contributed by atoms with Gasteiger partial charge in [0, 0.05) is 42.8 Å². The number of likely N-dealkylation sites (tertiary alicyclic amines) is 1. The highest BCUT2D eigenvalue weighted by atomic mass is 32.1. The van der Waals surface area contributed by atoms with Crippen molar-refractivity contribution in [3.8, 4) is 5.88 Å². The molecule has 0 aromatic carbocycles. The van der Waals surface area contributed by atoms with E-state index in [-0.39, 0.29) is 5.91 Å². The van der Waals surface area contributed by atoms with Crippen molar-refractivity contribution < 1.29 is 9.53 Å². The van der Waals surface area contributed by atoms with E-state index >= 15 is 0 Å². The summed E-state index contributed by atoms with van der Waals surface area (Å²) in [6.07, 6.45) is 5.28. The smallest absolute Gasteiger partial charge is 0.223 e. The molecule has 1 N–H and O–H groups in total. The summed E-state index contributed by atoms with van der Waals surface area (Å²) in [7, 11) is 1.65. The van der Waals surface area contributed by atoms with Crippen LogP contribution in [0, 0.1) is 5.92 Å². The number of rotatable bonds is 6. The fourth-order valence-electron chi connectivity index (χ4n) is 3.25. The number of nitrogens with zero attached hydrogens (tertiary/aromatic N) is 3. The van der Waals surface area contributed by atoms with Crippen LogP contribution in [0.5, 0.6) is 5.88 Å². The maximum atomic E-state index is 11.1. The van der Waals surface area contributed by atoms with Gasteiger partial charge in [-0.1, -0.05) is 6.07 Å². The Balaban J connectivity index is 1.55. The second kappa shape index (κ2) is 8.40. The summed E-state index contributed by atoms with van der Waals surface area (Å²) < 4.78 is 5.22. The lowest BCUT2D eigenvalue weighted by Gasteiger charge is -2.32. The molecule has 6 nitrogen and oxygen atoms in total. The van der Waals surface area contributed by atoms with Crippen molar-refractivity contribution in [3.05, 3.63) is 35.0 Å². The van der Waals surface area contributed by atoms with Crippen molar-refractivity contribution >= 4 is 22.4 Å². The molecule has 0 saturated carbocycles. The third kappa shape index (κ3) is 5.24. The van der Waals surface area contributed by atoms with Gasteiger partial charge in [-0.2, -0.15) is 0 Å². The van der Waals surface area contributed by atoms with Crippen molar-refractivity contribution in [1.29, 1.82) is 0 Å². The van der Waals surface area contributed by atoms with Gasteiger partial charge in [-0.05, 0) is 37.8 Å². The number of nitrogens with one attached hydrogen (secondary N) is 1. The molecule has 0 unspecified atom stereocenters. The molecule has 25 heavy (non-hydrogen) atoms. The van der Waals surface area contributed by atoms with Crippen LogP contribution in [0.1, 0.15) is 30.3 Å². The van der Waals surface area contributed by atoms with Crippen LogP contribution in [0.15, 0.2) is 24.4 Å². The molecule has 0 radical (unpaired) electrons. The summed E-state index contributed by atoms with van der Waals surface area (Å²) in [6.45, 7) is 4.56. The molecule has 2 aromatic rings. The molecule has 1 fully saturated rings. The van der Waals surface area contributed by atoms with Gasteiger partial charge in [-0.15, -0.1) is 11.3 Å². The first-order valence-corrected chi connectivity index (χ1v) is 9.38. The minimum atomic E-state index is -0.0790. The van der Waals surface area contributed by atoms with Crippen LogP contribution < -0.4 is 10.1 Å². The van der Waals surface area contributed by atoms with Crippen molar-refractivity contribution in [3.63, 3.8) is 0 Å². The zero-order valence-electron chi connectivity index (χ0n) is 14.7. The Kier molecular flexibility index (Phi) is 5.99. The Morgan fingerprint density at radius 3 is 3.16 bits per heavy atom. The van der Waals surface area contributed by atoms with Crippen LogP contribution in [0.4, 0.5) is 5.13 Å². The minimum Gasteiger partial charge on any atom is -0.481 e. The largest absolute Gasteiger partial charge is 0.481 e. The molecule has 1 atom stereocenters. The normalized spacial score (nSPS) is 18.1. The number of amides is 1. The van der Waals surface area contributed by atoms with Gasteiger partial charge in [-0.3, -0.25) is 9.69 Å². The summed E-state index contributed by atoms with van der Waals surface area (Å²) in [4.78, 5) is 23.6. The third-order valence-corrected chi connectivity index (χ3v) is 5.20. The number of hydrogen-bond acceptors (Lipinski definition) is 6. The van der Waals surface area contributed by atoms with E-state index in [4.69, 9.17) is 4.74 Å². The molecule has 1 aliphatic rings. The summed E-state index contributed by atoms with van der Waals surface area (Å²) in [5.41, 5.74) is 1.09. The quantitative estimate of drug-likeness (QED) is 0.858. The Morgan fingerprint density at radius 2 is 2.36 bits per heavy atom. The summed E-state index contributed by atoms with van der Waals surface area (Å²) in [6, 6.07) is 5.96. The monoisotopic (exact) mass is 360 g/mol. The minimum absolute atomic E-state index is 0.0790. The second-order valence-electron chi connectivity index (χ2n) is 6.43.